The van der Waals surface area contributed by atoms with Crippen LogP contribution in [0.3, 0.4) is 0 Å². The molecule has 21 heavy (non-hydrogen) atoms. The monoisotopic (exact) mass is 307 g/mol. The fourth-order valence-corrected chi connectivity index (χ4v) is 2.41. The highest BCUT2D eigenvalue weighted by molar-refractivity contribution is 7.14. The van der Waals surface area contributed by atoms with Crippen molar-refractivity contribution >= 4 is 29.5 Å². The first-order chi connectivity index (χ1) is 9.93. The van der Waals surface area contributed by atoms with E-state index in [1.54, 1.807) is 19.2 Å². The molecule has 2 heterocycles. The van der Waals surface area contributed by atoms with Crippen LogP contribution in [0, 0.1) is 0 Å². The molecular formula is C13H13N3O4S. The van der Waals surface area contributed by atoms with Gasteiger partial charge in [0, 0.05) is 20.3 Å². The van der Waals surface area contributed by atoms with Crippen molar-refractivity contribution in [1.29, 1.82) is 0 Å². The number of hydrogen-bond donors (Lipinski definition) is 0. The van der Waals surface area contributed by atoms with Gasteiger partial charge in [-0.3, -0.25) is 9.36 Å². The minimum atomic E-state index is -0.454. The molecule has 0 aliphatic carbocycles. The first-order valence-electron chi connectivity index (χ1n) is 5.93. The van der Waals surface area contributed by atoms with E-state index in [1.165, 1.54) is 31.1 Å². The maximum absolute atomic E-state index is 11.9. The lowest BCUT2D eigenvalue weighted by Crippen LogP contribution is -2.37. The van der Waals surface area contributed by atoms with Gasteiger partial charge in [-0.25, -0.2) is 14.6 Å². The van der Waals surface area contributed by atoms with Crippen molar-refractivity contribution in [1.82, 2.24) is 14.1 Å². The number of ether oxygens (including phenoxy) is 1. The number of aryl methyl sites for hydroxylation is 1. The van der Waals surface area contributed by atoms with E-state index in [0.29, 0.717) is 15.4 Å². The lowest BCUT2D eigenvalue weighted by Gasteiger charge is -2.02. The maximum atomic E-state index is 11.9. The molecule has 0 spiro atoms. The molecule has 0 aliphatic rings. The highest BCUT2D eigenvalue weighted by Crippen LogP contribution is 2.16. The van der Waals surface area contributed by atoms with Crippen LogP contribution in [-0.2, 0) is 18.8 Å². The van der Waals surface area contributed by atoms with Crippen LogP contribution < -0.4 is 11.2 Å². The lowest BCUT2D eigenvalue weighted by molar-refractivity contribution is 0.0606. The van der Waals surface area contributed by atoms with Crippen molar-refractivity contribution in [3.63, 3.8) is 0 Å². The Morgan fingerprint density at radius 2 is 2.05 bits per heavy atom. The number of esters is 1. The van der Waals surface area contributed by atoms with Crippen LogP contribution >= 0.6 is 11.3 Å². The summed E-state index contributed by atoms with van der Waals surface area (Å²) in [7, 11) is 4.28. The van der Waals surface area contributed by atoms with Crippen molar-refractivity contribution in [2.75, 3.05) is 7.11 Å². The van der Waals surface area contributed by atoms with Crippen molar-refractivity contribution in [2.45, 2.75) is 0 Å². The molecule has 2 aromatic rings. The van der Waals surface area contributed by atoms with Crippen molar-refractivity contribution in [3.05, 3.63) is 48.7 Å². The summed E-state index contributed by atoms with van der Waals surface area (Å²) >= 11 is 1.15. The third kappa shape index (κ3) is 3.00. The molecule has 0 fully saturated rings. The maximum Gasteiger partial charge on any atom is 0.349 e. The number of rotatable bonds is 3. The number of thiazole rings is 1. The number of nitrogens with zero attached hydrogens (tertiary/aromatic N) is 3. The van der Waals surface area contributed by atoms with E-state index in [-0.39, 0.29) is 11.2 Å². The second-order valence-electron chi connectivity index (χ2n) is 4.23. The Hall–Kier alpha value is -2.48. The van der Waals surface area contributed by atoms with E-state index in [4.69, 9.17) is 0 Å². The Morgan fingerprint density at radius 1 is 1.33 bits per heavy atom. The first kappa shape index (κ1) is 14.9. The second kappa shape index (κ2) is 5.88. The standard InChI is InChI=1S/C13H13N3O4S/c1-15-7-8(11(17)16(2)13(15)19)4-5-10-14-6-9(21-10)12(18)20-3/h4-7H,1-3H3/b5-4+. The summed E-state index contributed by atoms with van der Waals surface area (Å²) in [6.07, 6.45) is 6.03. The van der Waals surface area contributed by atoms with Gasteiger partial charge in [0.25, 0.3) is 5.56 Å². The zero-order valence-corrected chi connectivity index (χ0v) is 12.5. The van der Waals surface area contributed by atoms with E-state index in [0.717, 1.165) is 15.9 Å². The molecule has 0 aromatic carbocycles. The van der Waals surface area contributed by atoms with Crippen LogP contribution in [0.25, 0.3) is 12.2 Å². The van der Waals surface area contributed by atoms with Crippen LogP contribution in [0.1, 0.15) is 20.2 Å². The van der Waals surface area contributed by atoms with Gasteiger partial charge < -0.3 is 9.30 Å². The van der Waals surface area contributed by atoms with Gasteiger partial charge in [0.2, 0.25) is 0 Å². The van der Waals surface area contributed by atoms with E-state index >= 15 is 0 Å². The summed E-state index contributed by atoms with van der Waals surface area (Å²) < 4.78 is 6.94. The van der Waals surface area contributed by atoms with Gasteiger partial charge in [0.05, 0.1) is 18.9 Å². The van der Waals surface area contributed by atoms with Crippen LogP contribution in [0.4, 0.5) is 0 Å². The molecule has 7 nitrogen and oxygen atoms in total. The second-order valence-corrected chi connectivity index (χ2v) is 5.29. The molecule has 0 atom stereocenters. The topological polar surface area (TPSA) is 83.2 Å². The normalized spacial score (nSPS) is 11.0. The number of methoxy groups -OCH3 is 1. The Balaban J connectivity index is 2.34. The summed E-state index contributed by atoms with van der Waals surface area (Å²) in [5.41, 5.74) is -0.423. The van der Waals surface area contributed by atoms with Gasteiger partial charge in [0.15, 0.2) is 0 Å². The summed E-state index contributed by atoms with van der Waals surface area (Å²) in [6.45, 7) is 0. The molecule has 0 saturated heterocycles. The molecule has 0 unspecified atom stereocenters. The molecule has 0 N–H and O–H groups in total. The molecule has 2 aromatic heterocycles. The van der Waals surface area contributed by atoms with Crippen LogP contribution in [-0.4, -0.2) is 27.2 Å². The zero-order valence-electron chi connectivity index (χ0n) is 11.7. The smallest absolute Gasteiger partial charge is 0.349 e. The number of carbonyl (C=O) groups is 1. The van der Waals surface area contributed by atoms with E-state index in [2.05, 4.69) is 9.72 Å². The highest BCUT2D eigenvalue weighted by Gasteiger charge is 2.09. The van der Waals surface area contributed by atoms with E-state index < -0.39 is 5.97 Å². The van der Waals surface area contributed by atoms with Crippen molar-refractivity contribution < 1.29 is 9.53 Å². The average molecular weight is 307 g/mol. The van der Waals surface area contributed by atoms with Gasteiger partial charge in [-0.2, -0.15) is 0 Å². The first-order valence-corrected chi connectivity index (χ1v) is 6.74. The van der Waals surface area contributed by atoms with Crippen LogP contribution in [0.2, 0.25) is 0 Å². The summed E-state index contributed by atoms with van der Waals surface area (Å²) in [5, 5.41) is 0.561. The number of carbonyl (C=O) groups excluding carboxylic acids is 1. The van der Waals surface area contributed by atoms with E-state index in [9.17, 15) is 14.4 Å². The SMILES string of the molecule is COC(=O)c1cnc(/C=C/c2cn(C)c(=O)n(C)c2=O)s1. The minimum absolute atomic E-state index is 0.356. The summed E-state index contributed by atoms with van der Waals surface area (Å²) in [5.74, 6) is -0.454. The van der Waals surface area contributed by atoms with Gasteiger partial charge in [0.1, 0.15) is 9.88 Å². The molecule has 0 bridgehead atoms. The third-order valence-electron chi connectivity index (χ3n) is 2.79. The molecule has 8 heteroatoms. The molecular weight excluding hydrogens is 294 g/mol. The molecule has 0 radical (unpaired) electrons. The average Bonchev–Trinajstić information content (AvgIpc) is 2.95. The highest BCUT2D eigenvalue weighted by atomic mass is 32.1. The zero-order chi connectivity index (χ0) is 15.6. The quantitative estimate of drug-likeness (QED) is 0.771. The molecule has 0 aliphatic heterocycles. The lowest BCUT2D eigenvalue weighted by atomic mass is 10.3. The summed E-state index contributed by atoms with van der Waals surface area (Å²) in [4.78, 5) is 39.2. The van der Waals surface area contributed by atoms with Gasteiger partial charge in [-0.15, -0.1) is 11.3 Å². The third-order valence-corrected chi connectivity index (χ3v) is 3.73. The van der Waals surface area contributed by atoms with Crippen LogP contribution in [0.5, 0.6) is 0 Å². The Bertz CT molecular complexity index is 829. The van der Waals surface area contributed by atoms with Crippen LogP contribution in [0.15, 0.2) is 22.0 Å². The van der Waals surface area contributed by atoms with Crippen molar-refractivity contribution in [2.24, 2.45) is 14.1 Å². The molecule has 0 saturated carbocycles. The Labute approximate surface area is 123 Å². The molecule has 0 amide bonds. The molecule has 110 valence electrons. The fourth-order valence-electron chi connectivity index (χ4n) is 1.67. The molecule has 2 rings (SSSR count). The van der Waals surface area contributed by atoms with Gasteiger partial charge >= 0.3 is 11.7 Å². The Morgan fingerprint density at radius 3 is 2.71 bits per heavy atom. The van der Waals surface area contributed by atoms with E-state index in [1.807, 2.05) is 0 Å². The Kier molecular flexibility index (Phi) is 4.18. The van der Waals surface area contributed by atoms with Crippen molar-refractivity contribution in [3.8, 4) is 0 Å². The largest absolute Gasteiger partial charge is 0.465 e. The predicted molar refractivity (Wildman–Crippen MR) is 79.3 cm³/mol. The fraction of sp³-hybridized carbons (Fsp3) is 0.231. The number of hydrogen-bond acceptors (Lipinski definition) is 6. The predicted octanol–water partition coefficient (Wildman–Crippen LogP) is 0.497. The summed E-state index contributed by atoms with van der Waals surface area (Å²) in [6, 6.07) is 0. The number of aromatic nitrogens is 3. The van der Waals surface area contributed by atoms with Gasteiger partial charge in [-0.1, -0.05) is 0 Å². The minimum Gasteiger partial charge on any atom is -0.465 e. The van der Waals surface area contributed by atoms with Gasteiger partial charge in [-0.05, 0) is 12.2 Å².